The molecule has 1 aromatic carbocycles. The minimum atomic E-state index is -0.455. The molecule has 0 radical (unpaired) electrons. The molecule has 2 aromatic rings. The SMILES string of the molecule is CC(C)(C)OC(=O)CCCCc1cn(CC(=O)NCCc2ccc(ON=P)cc2)nn1. The maximum atomic E-state index is 12.1. The largest absolute Gasteiger partial charge is 0.460 e. The van der Waals surface area contributed by atoms with Gasteiger partial charge in [-0.1, -0.05) is 22.3 Å². The van der Waals surface area contributed by atoms with Crippen molar-refractivity contribution in [2.24, 2.45) is 4.91 Å². The van der Waals surface area contributed by atoms with Crippen molar-refractivity contribution in [2.45, 2.75) is 65.0 Å². The highest BCUT2D eigenvalue weighted by molar-refractivity contribution is 7.03. The number of nitrogens with zero attached hydrogens (tertiary/aromatic N) is 4. The van der Waals surface area contributed by atoms with Crippen LogP contribution in [0.4, 0.5) is 0 Å². The van der Waals surface area contributed by atoms with E-state index in [-0.39, 0.29) is 18.4 Å². The summed E-state index contributed by atoms with van der Waals surface area (Å²) in [5, 5.41) is 11.0. The summed E-state index contributed by atoms with van der Waals surface area (Å²) in [7, 11) is 2.89. The van der Waals surface area contributed by atoms with Crippen LogP contribution in [0.2, 0.25) is 0 Å². The number of rotatable bonds is 12. The highest BCUT2D eigenvalue weighted by atomic mass is 31.0. The van der Waals surface area contributed by atoms with Crippen LogP contribution < -0.4 is 10.2 Å². The van der Waals surface area contributed by atoms with E-state index in [1.54, 1.807) is 6.20 Å². The highest BCUT2D eigenvalue weighted by Gasteiger charge is 2.15. The van der Waals surface area contributed by atoms with Crippen LogP contribution in [-0.2, 0) is 33.7 Å². The lowest BCUT2D eigenvalue weighted by Crippen LogP contribution is -2.29. The Hall–Kier alpha value is -2.80. The summed E-state index contributed by atoms with van der Waals surface area (Å²) in [4.78, 5) is 32.2. The zero-order chi connectivity index (χ0) is 22.7. The minimum absolute atomic E-state index is 0.115. The van der Waals surface area contributed by atoms with E-state index in [0.717, 1.165) is 24.1 Å². The molecule has 0 aliphatic rings. The summed E-state index contributed by atoms with van der Waals surface area (Å²) in [6.45, 7) is 6.20. The monoisotopic (exact) mass is 447 g/mol. The molecule has 0 saturated heterocycles. The zero-order valence-corrected chi connectivity index (χ0v) is 19.3. The fourth-order valence-electron chi connectivity index (χ4n) is 2.82. The fraction of sp³-hybridized carbons (Fsp3) is 0.524. The van der Waals surface area contributed by atoms with E-state index in [2.05, 4.69) is 29.6 Å². The molecule has 0 saturated carbocycles. The van der Waals surface area contributed by atoms with Gasteiger partial charge in [0, 0.05) is 28.2 Å². The van der Waals surface area contributed by atoms with Gasteiger partial charge in [-0.3, -0.25) is 9.59 Å². The van der Waals surface area contributed by atoms with E-state index in [9.17, 15) is 9.59 Å². The third kappa shape index (κ3) is 10.2. The van der Waals surface area contributed by atoms with Crippen LogP contribution in [0.5, 0.6) is 5.75 Å². The number of aromatic nitrogens is 3. The van der Waals surface area contributed by atoms with Crippen LogP contribution >= 0.6 is 9.03 Å². The first-order valence-electron chi connectivity index (χ1n) is 10.3. The number of ether oxygens (including phenoxy) is 1. The van der Waals surface area contributed by atoms with Gasteiger partial charge >= 0.3 is 5.97 Å². The Balaban J connectivity index is 1.63. The van der Waals surface area contributed by atoms with Crippen LogP contribution in [0.3, 0.4) is 0 Å². The topological polar surface area (TPSA) is 108 Å². The molecule has 0 unspecified atom stereocenters. The van der Waals surface area contributed by atoms with Crippen molar-refractivity contribution in [3.63, 3.8) is 0 Å². The van der Waals surface area contributed by atoms with Gasteiger partial charge in [0.05, 0.1) is 5.69 Å². The van der Waals surface area contributed by atoms with Crippen LogP contribution in [0.15, 0.2) is 35.4 Å². The van der Waals surface area contributed by atoms with Crippen molar-refractivity contribution in [2.75, 3.05) is 6.54 Å². The second kappa shape index (κ2) is 12.2. The Morgan fingerprint density at radius 1 is 1.16 bits per heavy atom. The van der Waals surface area contributed by atoms with Crippen molar-refractivity contribution in [1.29, 1.82) is 0 Å². The van der Waals surface area contributed by atoms with Gasteiger partial charge in [-0.05, 0) is 64.2 Å². The maximum absolute atomic E-state index is 12.1. The maximum Gasteiger partial charge on any atom is 0.306 e. The van der Waals surface area contributed by atoms with Crippen molar-refractivity contribution in [3.8, 4) is 5.75 Å². The fourth-order valence-corrected chi connectivity index (χ4v) is 2.92. The number of unbranched alkanes of at least 4 members (excludes halogenated alkanes) is 1. The molecule has 10 heteroatoms. The molecule has 0 aliphatic carbocycles. The van der Waals surface area contributed by atoms with Crippen molar-refractivity contribution in [1.82, 2.24) is 20.3 Å². The Morgan fingerprint density at radius 2 is 1.90 bits per heavy atom. The summed E-state index contributed by atoms with van der Waals surface area (Å²) >= 11 is 0. The molecule has 168 valence electrons. The number of nitrogens with one attached hydrogen (secondary N) is 1. The van der Waals surface area contributed by atoms with E-state index < -0.39 is 5.60 Å². The third-order valence-electron chi connectivity index (χ3n) is 4.19. The molecule has 0 bridgehead atoms. The van der Waals surface area contributed by atoms with Gasteiger partial charge in [0.1, 0.15) is 12.1 Å². The van der Waals surface area contributed by atoms with Crippen molar-refractivity contribution >= 4 is 20.9 Å². The number of hydrogen-bond acceptors (Lipinski definition) is 7. The molecule has 0 aliphatic heterocycles. The molecular weight excluding hydrogens is 417 g/mol. The normalized spacial score (nSPS) is 11.1. The van der Waals surface area contributed by atoms with E-state index in [1.807, 2.05) is 45.0 Å². The van der Waals surface area contributed by atoms with Gasteiger partial charge in [0.2, 0.25) is 5.91 Å². The third-order valence-corrected chi connectivity index (χ3v) is 4.28. The van der Waals surface area contributed by atoms with Crippen LogP contribution in [0.1, 0.15) is 51.3 Å². The molecule has 0 fully saturated rings. The lowest BCUT2D eigenvalue weighted by Gasteiger charge is -2.19. The van der Waals surface area contributed by atoms with Gasteiger partial charge < -0.3 is 14.9 Å². The first-order chi connectivity index (χ1) is 14.7. The Labute approximate surface area is 184 Å². The first-order valence-corrected chi connectivity index (χ1v) is 10.7. The molecule has 1 aromatic heterocycles. The number of esters is 1. The second-order valence-electron chi connectivity index (χ2n) is 8.13. The molecule has 1 amide bonds. The Bertz CT molecular complexity index is 861. The number of benzene rings is 1. The van der Waals surface area contributed by atoms with Crippen molar-refractivity contribution < 1.29 is 19.2 Å². The van der Waals surface area contributed by atoms with Crippen LogP contribution in [0.25, 0.3) is 0 Å². The lowest BCUT2D eigenvalue weighted by atomic mass is 10.1. The van der Waals surface area contributed by atoms with E-state index in [4.69, 9.17) is 9.57 Å². The molecule has 0 atom stereocenters. The zero-order valence-electron chi connectivity index (χ0n) is 18.3. The van der Waals surface area contributed by atoms with Gasteiger partial charge in [0.15, 0.2) is 5.75 Å². The summed E-state index contributed by atoms with van der Waals surface area (Å²) in [6.07, 6.45) is 5.08. The van der Waals surface area contributed by atoms with E-state index in [1.165, 1.54) is 4.68 Å². The number of hydrogen-bond donors (Lipinski definition) is 1. The van der Waals surface area contributed by atoms with Crippen molar-refractivity contribution in [3.05, 3.63) is 41.7 Å². The summed E-state index contributed by atoms with van der Waals surface area (Å²) in [6, 6.07) is 7.47. The average molecular weight is 447 g/mol. The van der Waals surface area contributed by atoms with Gasteiger partial charge in [-0.2, -0.15) is 0 Å². The summed E-state index contributed by atoms with van der Waals surface area (Å²) in [5.41, 5.74) is 1.43. The number of aryl methyl sites for hydroxylation is 1. The lowest BCUT2D eigenvalue weighted by molar-refractivity contribution is -0.154. The minimum Gasteiger partial charge on any atom is -0.460 e. The van der Waals surface area contributed by atoms with Gasteiger partial charge in [-0.15, -0.1) is 5.10 Å². The summed E-state index contributed by atoms with van der Waals surface area (Å²) < 4.78 is 6.81. The highest BCUT2D eigenvalue weighted by Crippen LogP contribution is 2.13. The number of carbonyl (C=O) groups is 2. The molecule has 9 nitrogen and oxygen atoms in total. The molecule has 1 heterocycles. The predicted octanol–water partition coefficient (Wildman–Crippen LogP) is 3.31. The van der Waals surface area contributed by atoms with Crippen LogP contribution in [0, 0.1) is 0 Å². The molecule has 1 N–H and O–H groups in total. The second-order valence-corrected chi connectivity index (χ2v) is 8.31. The molecule has 0 spiro atoms. The van der Waals surface area contributed by atoms with Gasteiger partial charge in [-0.25, -0.2) is 4.68 Å². The first kappa shape index (κ1) is 24.5. The van der Waals surface area contributed by atoms with Crippen LogP contribution in [-0.4, -0.2) is 39.0 Å². The quantitative estimate of drug-likeness (QED) is 0.231. The molecular formula is C21H30N5O4P. The molecule has 31 heavy (non-hydrogen) atoms. The number of carbonyl (C=O) groups excluding carboxylic acids is 2. The average Bonchev–Trinajstić information content (AvgIpc) is 3.12. The Kier molecular flexibility index (Phi) is 9.59. The number of amides is 1. The van der Waals surface area contributed by atoms with E-state index >= 15 is 0 Å². The Morgan fingerprint density at radius 3 is 2.58 bits per heavy atom. The smallest absolute Gasteiger partial charge is 0.306 e. The predicted molar refractivity (Wildman–Crippen MR) is 118 cm³/mol. The van der Waals surface area contributed by atoms with E-state index in [0.29, 0.717) is 31.6 Å². The standard InChI is InChI=1S/C21H30N5O4P/c1-21(2,3)29-20(28)7-5-4-6-17-14-26(24-23-17)15-19(27)22-13-12-16-8-10-18(11-9-16)30-25-31/h8-11,14,31H,4-7,12-13,15H2,1-3H3,(H,22,27). The van der Waals surface area contributed by atoms with Gasteiger partial charge in [0.25, 0.3) is 0 Å². The molecule has 2 rings (SSSR count). The summed E-state index contributed by atoms with van der Waals surface area (Å²) in [5.74, 6) is 0.320.